The fraction of sp³-hybridized carbons (Fsp3) is 0.483. The van der Waals surface area contributed by atoms with E-state index in [1.54, 1.807) is 4.90 Å². The van der Waals surface area contributed by atoms with E-state index in [0.29, 0.717) is 12.5 Å². The van der Waals surface area contributed by atoms with Gasteiger partial charge in [0, 0.05) is 47.8 Å². The van der Waals surface area contributed by atoms with Gasteiger partial charge in [-0.2, -0.15) is 0 Å². The predicted molar refractivity (Wildman–Crippen MR) is 153 cm³/mol. The zero-order chi connectivity index (χ0) is 26.2. The van der Waals surface area contributed by atoms with Crippen LogP contribution in [0.15, 0.2) is 41.0 Å². The van der Waals surface area contributed by atoms with E-state index in [2.05, 4.69) is 57.1 Å². The number of hydrogen-bond acceptors (Lipinski definition) is 6. The molecule has 0 atom stereocenters. The van der Waals surface area contributed by atoms with Crippen molar-refractivity contribution in [2.45, 2.75) is 44.9 Å². The van der Waals surface area contributed by atoms with Gasteiger partial charge in [-0.3, -0.25) is 9.78 Å². The number of amides is 1. The van der Waals surface area contributed by atoms with Crippen LogP contribution in [0.1, 0.15) is 45.1 Å². The molecule has 37 heavy (non-hydrogen) atoms. The third kappa shape index (κ3) is 4.66. The second-order valence-corrected chi connectivity index (χ2v) is 12.5. The van der Waals surface area contributed by atoms with Crippen LogP contribution >= 0.6 is 0 Å². The largest absolute Gasteiger partial charge is 0.476 e. The van der Waals surface area contributed by atoms with E-state index in [1.807, 2.05) is 19.4 Å². The Kier molecular flexibility index (Phi) is 7.32. The number of pyridine rings is 2. The third-order valence-electron chi connectivity index (χ3n) is 7.66. The second kappa shape index (κ2) is 10.5. The van der Waals surface area contributed by atoms with Gasteiger partial charge >= 0.3 is 0 Å². The minimum absolute atomic E-state index is 0.0694. The Bertz CT molecular complexity index is 1360. The summed E-state index contributed by atoms with van der Waals surface area (Å²) in [5.74, 6) is 2.81. The predicted octanol–water partition coefficient (Wildman–Crippen LogP) is 5.50. The van der Waals surface area contributed by atoms with Crippen molar-refractivity contribution in [3.05, 3.63) is 42.2 Å². The average molecular weight is 520 g/mol. The van der Waals surface area contributed by atoms with Gasteiger partial charge in [0.1, 0.15) is 5.69 Å². The zero-order valence-corrected chi connectivity index (χ0v) is 23.4. The maximum atomic E-state index is 13.2. The smallest absolute Gasteiger partial charge is 0.240 e. The highest BCUT2D eigenvalue weighted by atomic mass is 32.2. The monoisotopic (exact) mass is 519 g/mol. The van der Waals surface area contributed by atoms with Crippen molar-refractivity contribution in [1.29, 1.82) is 0 Å². The number of nitrogens with zero attached hydrogens (tertiary/aromatic N) is 5. The lowest BCUT2D eigenvalue weighted by atomic mass is 9.64. The molecule has 5 rings (SSSR count). The van der Waals surface area contributed by atoms with Gasteiger partial charge in [-0.15, -0.1) is 0 Å². The third-order valence-corrected chi connectivity index (χ3v) is 9.44. The number of likely N-dealkylation sites (N-methyl/N-ethyl adjacent to an activating group) is 1. The minimum Gasteiger partial charge on any atom is -0.476 e. The van der Waals surface area contributed by atoms with Crippen molar-refractivity contribution in [2.75, 3.05) is 50.7 Å². The van der Waals surface area contributed by atoms with Crippen LogP contribution in [-0.2, 0) is 20.9 Å². The lowest BCUT2D eigenvalue weighted by Crippen LogP contribution is -2.43. The fourth-order valence-electron chi connectivity index (χ4n) is 5.45. The summed E-state index contributed by atoms with van der Waals surface area (Å²) >= 11 is 0. The van der Waals surface area contributed by atoms with E-state index < -0.39 is 0 Å². The molecule has 1 amide bonds. The zero-order valence-electron chi connectivity index (χ0n) is 22.6. The molecule has 2 aromatic heterocycles. The van der Waals surface area contributed by atoms with Crippen molar-refractivity contribution in [3.8, 4) is 17.0 Å². The van der Waals surface area contributed by atoms with Gasteiger partial charge in [-0.05, 0) is 57.1 Å². The molecule has 1 spiro atoms. The first kappa shape index (κ1) is 25.8. The van der Waals surface area contributed by atoms with Gasteiger partial charge in [0.15, 0.2) is 0 Å². The number of fused-ring (bicyclic) bond motifs is 4. The van der Waals surface area contributed by atoms with E-state index in [4.69, 9.17) is 19.1 Å². The van der Waals surface area contributed by atoms with Gasteiger partial charge < -0.3 is 14.5 Å². The number of ether oxygens (including phenoxy) is 1. The molecule has 8 heteroatoms. The molecule has 1 saturated carbocycles. The number of anilines is 1. The molecule has 3 heterocycles. The van der Waals surface area contributed by atoms with Gasteiger partial charge in [0.2, 0.25) is 11.8 Å². The lowest BCUT2D eigenvalue weighted by molar-refractivity contribution is -0.125. The van der Waals surface area contributed by atoms with Crippen LogP contribution in [-0.4, -0.2) is 66.6 Å². The number of aromatic nitrogens is 2. The van der Waals surface area contributed by atoms with E-state index in [-0.39, 0.29) is 22.0 Å². The van der Waals surface area contributed by atoms with Crippen LogP contribution in [0.2, 0.25) is 0 Å². The van der Waals surface area contributed by atoms with Crippen molar-refractivity contribution in [3.63, 3.8) is 0 Å². The lowest BCUT2D eigenvalue weighted by Gasteiger charge is -2.37. The first-order valence-electron chi connectivity index (χ1n) is 13.3. The summed E-state index contributed by atoms with van der Waals surface area (Å²) in [6, 6.07) is 8.44. The summed E-state index contributed by atoms with van der Waals surface area (Å²) < 4.78 is 11.1. The molecule has 3 aromatic rings. The molecule has 0 bridgehead atoms. The maximum absolute atomic E-state index is 13.2. The number of benzene rings is 1. The first-order chi connectivity index (χ1) is 17.9. The van der Waals surface area contributed by atoms with E-state index in [9.17, 15) is 4.79 Å². The van der Waals surface area contributed by atoms with Crippen LogP contribution in [0.5, 0.6) is 5.88 Å². The topological polar surface area (TPSA) is 70.9 Å². The van der Waals surface area contributed by atoms with Crippen molar-refractivity contribution in [2.24, 2.45) is 4.36 Å². The van der Waals surface area contributed by atoms with Crippen LogP contribution in [0, 0.1) is 0 Å². The van der Waals surface area contributed by atoms with Crippen molar-refractivity contribution in [1.82, 2.24) is 14.9 Å². The SMILES string of the molecule is CCS(CC)=Nc1cc(-c2ccc3ncc4c(c3c2)C2(CCC2)C(=O)N4C)cnc1OCCCN(C)C. The number of rotatable bonds is 9. The molecule has 0 saturated heterocycles. The summed E-state index contributed by atoms with van der Waals surface area (Å²) in [4.78, 5) is 26.6. The summed E-state index contributed by atoms with van der Waals surface area (Å²) in [6.45, 7) is 5.93. The van der Waals surface area contributed by atoms with Crippen LogP contribution in [0.4, 0.5) is 11.4 Å². The van der Waals surface area contributed by atoms with Gasteiger partial charge in [0.05, 0.1) is 29.4 Å². The molecule has 2 aliphatic rings. The molecule has 1 aliphatic carbocycles. The Morgan fingerprint density at radius 1 is 1.11 bits per heavy atom. The highest BCUT2D eigenvalue weighted by Crippen LogP contribution is 2.55. The Morgan fingerprint density at radius 3 is 2.57 bits per heavy atom. The molecule has 1 fully saturated rings. The highest BCUT2D eigenvalue weighted by Gasteiger charge is 2.54. The van der Waals surface area contributed by atoms with Crippen LogP contribution < -0.4 is 9.64 Å². The standard InChI is InChI=1S/C29H37N5O2S/c1-6-37(7-2)32-24-17-21(18-31-27(24)36-15-9-14-33(3)4)20-10-11-23-22(16-20)26-25(19-30-23)34(5)28(35)29(26)12-8-13-29/h10-11,16-19H,6-9,12-15H2,1-5H3. The molecular formula is C29H37N5O2S. The molecular weight excluding hydrogens is 482 g/mol. The molecule has 0 radical (unpaired) electrons. The molecule has 1 aromatic carbocycles. The normalized spacial score (nSPS) is 16.1. The van der Waals surface area contributed by atoms with E-state index in [1.165, 1.54) is 0 Å². The summed E-state index contributed by atoms with van der Waals surface area (Å²) in [7, 11) is 5.94. The number of carbonyl (C=O) groups is 1. The Labute approximate surface area is 222 Å². The second-order valence-electron chi connectivity index (χ2n) is 10.2. The highest BCUT2D eigenvalue weighted by molar-refractivity contribution is 7.87. The van der Waals surface area contributed by atoms with Crippen LogP contribution in [0.25, 0.3) is 22.0 Å². The minimum atomic E-state index is -0.385. The van der Waals surface area contributed by atoms with Gasteiger partial charge in [-0.25, -0.2) is 9.35 Å². The van der Waals surface area contributed by atoms with E-state index in [0.717, 1.165) is 82.7 Å². The molecule has 7 nitrogen and oxygen atoms in total. The number of carbonyl (C=O) groups excluding carboxylic acids is 1. The molecule has 1 aliphatic heterocycles. The van der Waals surface area contributed by atoms with Gasteiger partial charge in [-0.1, -0.05) is 37.0 Å². The van der Waals surface area contributed by atoms with E-state index >= 15 is 0 Å². The van der Waals surface area contributed by atoms with Crippen molar-refractivity contribution >= 4 is 38.9 Å². The Hall–Kier alpha value is -2.84. The summed E-state index contributed by atoms with van der Waals surface area (Å²) in [6.07, 6.45) is 7.58. The fourth-order valence-corrected chi connectivity index (χ4v) is 6.52. The van der Waals surface area contributed by atoms with Gasteiger partial charge in [0.25, 0.3) is 0 Å². The molecule has 0 unspecified atom stereocenters. The number of hydrogen-bond donors (Lipinski definition) is 0. The molecule has 0 N–H and O–H groups in total. The Morgan fingerprint density at radius 2 is 1.89 bits per heavy atom. The molecule has 196 valence electrons. The summed E-state index contributed by atoms with van der Waals surface area (Å²) in [5.41, 5.74) is 5.49. The first-order valence-corrected chi connectivity index (χ1v) is 14.8. The van der Waals surface area contributed by atoms with Crippen LogP contribution in [0.3, 0.4) is 0 Å². The summed E-state index contributed by atoms with van der Waals surface area (Å²) in [5, 5.41) is 1.07. The van der Waals surface area contributed by atoms with Crippen molar-refractivity contribution < 1.29 is 9.53 Å². The average Bonchev–Trinajstić information content (AvgIpc) is 3.12. The maximum Gasteiger partial charge on any atom is 0.240 e. The Balaban J connectivity index is 1.56. The quantitative estimate of drug-likeness (QED) is 0.349.